The molecule has 0 spiro atoms. The van der Waals surface area contributed by atoms with Crippen molar-refractivity contribution in [3.8, 4) is 0 Å². The van der Waals surface area contributed by atoms with Crippen molar-refractivity contribution < 1.29 is 0 Å². The van der Waals surface area contributed by atoms with Gasteiger partial charge in [-0.05, 0) is 30.0 Å². The fourth-order valence-electron chi connectivity index (χ4n) is 1.64. The molecule has 0 amide bonds. The summed E-state index contributed by atoms with van der Waals surface area (Å²) in [6, 6.07) is 6.49. The van der Waals surface area contributed by atoms with Crippen LogP contribution in [0.5, 0.6) is 0 Å². The molecule has 1 atom stereocenters. The van der Waals surface area contributed by atoms with Crippen molar-refractivity contribution in [2.24, 2.45) is 0 Å². The van der Waals surface area contributed by atoms with E-state index in [1.165, 1.54) is 16.7 Å². The third-order valence-electron chi connectivity index (χ3n) is 2.32. The maximum atomic E-state index is 3.67. The van der Waals surface area contributed by atoms with Gasteiger partial charge >= 0.3 is 0 Å². The van der Waals surface area contributed by atoms with E-state index in [0.29, 0.717) is 4.83 Å². The van der Waals surface area contributed by atoms with Crippen molar-refractivity contribution in [3.63, 3.8) is 0 Å². The Morgan fingerprint density at radius 3 is 3.00 bits per heavy atom. The van der Waals surface area contributed by atoms with Gasteiger partial charge in [0, 0.05) is 4.83 Å². The first-order chi connectivity index (χ1) is 5.79. The maximum absolute atomic E-state index is 3.67. The lowest BCUT2D eigenvalue weighted by atomic mass is 9.94. The summed E-state index contributed by atoms with van der Waals surface area (Å²) in [6.45, 7) is 2.16. The van der Waals surface area contributed by atoms with Gasteiger partial charge in [-0.1, -0.05) is 46.3 Å². The van der Waals surface area contributed by atoms with Gasteiger partial charge in [-0.2, -0.15) is 0 Å². The van der Waals surface area contributed by atoms with Crippen molar-refractivity contribution in [2.45, 2.75) is 18.2 Å². The summed E-state index contributed by atoms with van der Waals surface area (Å²) in [5.41, 5.74) is 4.19. The summed E-state index contributed by atoms with van der Waals surface area (Å²) in [6.07, 6.45) is 5.56. The van der Waals surface area contributed by atoms with E-state index >= 15 is 0 Å². The molecule has 0 fully saturated rings. The van der Waals surface area contributed by atoms with Crippen LogP contribution in [0.3, 0.4) is 0 Å². The third-order valence-corrected chi connectivity index (χ3v) is 3.19. The number of halogens is 1. The Labute approximate surface area is 81.4 Å². The Morgan fingerprint density at radius 1 is 1.42 bits per heavy atom. The zero-order valence-electron chi connectivity index (χ0n) is 7.05. The molecule has 0 bridgehead atoms. The highest BCUT2D eigenvalue weighted by atomic mass is 79.9. The van der Waals surface area contributed by atoms with Crippen LogP contribution in [-0.2, 0) is 0 Å². The zero-order valence-corrected chi connectivity index (χ0v) is 8.64. The highest BCUT2D eigenvalue weighted by Gasteiger charge is 2.13. The second kappa shape index (κ2) is 3.06. The Morgan fingerprint density at radius 2 is 2.25 bits per heavy atom. The summed E-state index contributed by atoms with van der Waals surface area (Å²) in [4.78, 5) is 0.511. The van der Waals surface area contributed by atoms with E-state index < -0.39 is 0 Å². The van der Waals surface area contributed by atoms with E-state index in [1.807, 2.05) is 0 Å². The Balaban J connectivity index is 2.61. The topological polar surface area (TPSA) is 0 Å². The molecule has 62 valence electrons. The molecule has 0 N–H and O–H groups in total. The number of rotatable bonds is 0. The number of benzene rings is 1. The minimum Gasteiger partial charge on any atom is -0.0835 e. The monoisotopic (exact) mass is 222 g/mol. The van der Waals surface area contributed by atoms with Crippen LogP contribution in [0, 0.1) is 6.92 Å². The van der Waals surface area contributed by atoms with Gasteiger partial charge in [0.1, 0.15) is 0 Å². The van der Waals surface area contributed by atoms with Crippen molar-refractivity contribution in [1.82, 2.24) is 0 Å². The van der Waals surface area contributed by atoms with Crippen LogP contribution < -0.4 is 0 Å². The first-order valence-electron chi connectivity index (χ1n) is 4.19. The summed E-state index contributed by atoms with van der Waals surface area (Å²) >= 11 is 3.67. The lowest BCUT2D eigenvalue weighted by Gasteiger charge is -2.17. The number of fused-ring (bicyclic) bond motifs is 1. The average Bonchev–Trinajstić information content (AvgIpc) is 2.07. The Kier molecular flexibility index (Phi) is 2.05. The molecule has 2 rings (SSSR count). The van der Waals surface area contributed by atoms with E-state index in [2.05, 4.69) is 53.2 Å². The smallest absolute Gasteiger partial charge is 0.0435 e. The molecular weight excluding hydrogens is 212 g/mol. The summed E-state index contributed by atoms with van der Waals surface area (Å²) in [5.74, 6) is 0. The highest BCUT2D eigenvalue weighted by molar-refractivity contribution is 9.09. The number of hydrogen-bond donors (Lipinski definition) is 0. The molecule has 1 aromatic rings. The molecule has 0 heterocycles. The van der Waals surface area contributed by atoms with Crippen LogP contribution in [0.1, 0.15) is 27.9 Å². The van der Waals surface area contributed by atoms with Crippen molar-refractivity contribution in [3.05, 3.63) is 41.0 Å². The first-order valence-corrected chi connectivity index (χ1v) is 5.11. The SMILES string of the molecule is Cc1cccc2c1C=CCC2Br. The molecule has 0 radical (unpaired) electrons. The van der Waals surface area contributed by atoms with Gasteiger partial charge in [-0.15, -0.1) is 0 Å². The van der Waals surface area contributed by atoms with Crippen LogP contribution >= 0.6 is 15.9 Å². The molecule has 1 aliphatic carbocycles. The standard InChI is InChI=1S/C11H11Br/c1-8-4-2-6-10-9(8)5-3-7-11(10)12/h2-6,11H,7H2,1H3. The molecule has 1 unspecified atom stereocenters. The van der Waals surface area contributed by atoms with Crippen LogP contribution in [-0.4, -0.2) is 0 Å². The number of hydrogen-bond acceptors (Lipinski definition) is 0. The van der Waals surface area contributed by atoms with Gasteiger partial charge in [-0.3, -0.25) is 0 Å². The predicted octanol–water partition coefficient (Wildman–Crippen LogP) is 3.85. The number of aryl methyl sites for hydroxylation is 1. The molecule has 0 aromatic heterocycles. The molecule has 12 heavy (non-hydrogen) atoms. The third kappa shape index (κ3) is 1.22. The predicted molar refractivity (Wildman–Crippen MR) is 56.5 cm³/mol. The quantitative estimate of drug-likeness (QED) is 0.586. The molecule has 0 nitrogen and oxygen atoms in total. The largest absolute Gasteiger partial charge is 0.0835 e. The van der Waals surface area contributed by atoms with Gasteiger partial charge in [-0.25, -0.2) is 0 Å². The lowest BCUT2D eigenvalue weighted by molar-refractivity contribution is 0.969. The average molecular weight is 223 g/mol. The van der Waals surface area contributed by atoms with E-state index in [4.69, 9.17) is 0 Å². The van der Waals surface area contributed by atoms with Crippen LogP contribution in [0.25, 0.3) is 6.08 Å². The summed E-state index contributed by atoms with van der Waals surface area (Å²) in [5, 5.41) is 0. The van der Waals surface area contributed by atoms with Crippen LogP contribution in [0.4, 0.5) is 0 Å². The molecule has 1 heteroatoms. The van der Waals surface area contributed by atoms with Gasteiger partial charge in [0.15, 0.2) is 0 Å². The van der Waals surface area contributed by atoms with Crippen molar-refractivity contribution in [1.29, 1.82) is 0 Å². The first kappa shape index (κ1) is 8.06. The van der Waals surface area contributed by atoms with Gasteiger partial charge in [0.25, 0.3) is 0 Å². The second-order valence-corrected chi connectivity index (χ2v) is 4.29. The Bertz CT molecular complexity index is 326. The summed E-state index contributed by atoms with van der Waals surface area (Å²) < 4.78 is 0. The van der Waals surface area contributed by atoms with E-state index in [-0.39, 0.29) is 0 Å². The Hall–Kier alpha value is -0.560. The molecule has 0 saturated heterocycles. The van der Waals surface area contributed by atoms with E-state index in [1.54, 1.807) is 0 Å². The second-order valence-electron chi connectivity index (χ2n) is 3.18. The fourth-order valence-corrected chi connectivity index (χ4v) is 2.25. The van der Waals surface area contributed by atoms with Gasteiger partial charge < -0.3 is 0 Å². The number of allylic oxidation sites excluding steroid dienone is 1. The normalized spacial score (nSPS) is 20.7. The highest BCUT2D eigenvalue weighted by Crippen LogP contribution is 2.35. The van der Waals surface area contributed by atoms with Crippen LogP contribution in [0.15, 0.2) is 24.3 Å². The molecular formula is C11H11Br. The van der Waals surface area contributed by atoms with Gasteiger partial charge in [0.05, 0.1) is 0 Å². The molecule has 1 aromatic carbocycles. The van der Waals surface area contributed by atoms with E-state index in [9.17, 15) is 0 Å². The number of alkyl halides is 1. The molecule has 0 saturated carbocycles. The maximum Gasteiger partial charge on any atom is 0.0435 e. The van der Waals surface area contributed by atoms with Crippen LogP contribution in [0.2, 0.25) is 0 Å². The molecule has 1 aliphatic rings. The minimum absolute atomic E-state index is 0.511. The lowest BCUT2D eigenvalue weighted by Crippen LogP contribution is -1.98. The van der Waals surface area contributed by atoms with Gasteiger partial charge in [0.2, 0.25) is 0 Å². The van der Waals surface area contributed by atoms with Crippen molar-refractivity contribution in [2.75, 3.05) is 0 Å². The zero-order chi connectivity index (χ0) is 8.55. The summed E-state index contributed by atoms with van der Waals surface area (Å²) in [7, 11) is 0. The van der Waals surface area contributed by atoms with Crippen molar-refractivity contribution >= 4 is 22.0 Å². The fraction of sp³-hybridized carbons (Fsp3) is 0.273. The van der Waals surface area contributed by atoms with E-state index in [0.717, 1.165) is 6.42 Å². The minimum atomic E-state index is 0.511. The molecule has 0 aliphatic heterocycles.